The standard InChI is InChI=1S/C12H15N5/c1-13-6-10-7-15-12(8-14-10)17-5-4-11(16-17)9-2-3-9/h4-5,7-9,13H,2-3,6H2,1H3. The van der Waals surface area contributed by atoms with Gasteiger partial charge in [-0.1, -0.05) is 0 Å². The molecule has 0 spiro atoms. The van der Waals surface area contributed by atoms with Crippen molar-refractivity contribution in [3.8, 4) is 5.82 Å². The molecule has 1 N–H and O–H groups in total. The number of aromatic nitrogens is 4. The molecule has 2 aromatic rings. The van der Waals surface area contributed by atoms with Gasteiger partial charge in [-0.15, -0.1) is 0 Å². The number of hydrogen-bond donors (Lipinski definition) is 1. The molecule has 2 aromatic heterocycles. The summed E-state index contributed by atoms with van der Waals surface area (Å²) in [6.07, 6.45) is 8.03. The second-order valence-corrected chi connectivity index (χ2v) is 4.36. The Balaban J connectivity index is 1.81. The van der Waals surface area contributed by atoms with Gasteiger partial charge in [0, 0.05) is 18.7 Å². The van der Waals surface area contributed by atoms with Crippen LogP contribution in [0.15, 0.2) is 24.7 Å². The van der Waals surface area contributed by atoms with Gasteiger partial charge < -0.3 is 5.32 Å². The molecule has 0 aliphatic heterocycles. The summed E-state index contributed by atoms with van der Waals surface area (Å²) >= 11 is 0. The van der Waals surface area contributed by atoms with Crippen LogP contribution in [-0.2, 0) is 6.54 Å². The van der Waals surface area contributed by atoms with Crippen LogP contribution in [0.25, 0.3) is 5.82 Å². The Morgan fingerprint density at radius 2 is 2.24 bits per heavy atom. The largest absolute Gasteiger partial charge is 0.314 e. The maximum absolute atomic E-state index is 4.52. The first kappa shape index (κ1) is 10.4. The molecule has 0 aromatic carbocycles. The molecular formula is C12H15N5. The Labute approximate surface area is 99.9 Å². The zero-order valence-electron chi connectivity index (χ0n) is 9.80. The Morgan fingerprint density at radius 1 is 1.35 bits per heavy atom. The Morgan fingerprint density at radius 3 is 2.88 bits per heavy atom. The minimum atomic E-state index is 0.674. The zero-order chi connectivity index (χ0) is 11.7. The summed E-state index contributed by atoms with van der Waals surface area (Å²) < 4.78 is 1.80. The third-order valence-corrected chi connectivity index (χ3v) is 2.89. The van der Waals surface area contributed by atoms with Gasteiger partial charge in [-0.3, -0.25) is 4.98 Å². The van der Waals surface area contributed by atoms with E-state index in [0.717, 1.165) is 18.1 Å². The van der Waals surface area contributed by atoms with E-state index < -0.39 is 0 Å². The molecule has 1 saturated carbocycles. The van der Waals surface area contributed by atoms with E-state index in [1.165, 1.54) is 18.5 Å². The summed E-state index contributed by atoms with van der Waals surface area (Å²) in [4.78, 5) is 8.69. The van der Waals surface area contributed by atoms with Crippen LogP contribution < -0.4 is 5.32 Å². The Hall–Kier alpha value is -1.75. The lowest BCUT2D eigenvalue weighted by atomic mass is 10.3. The van der Waals surface area contributed by atoms with Crippen molar-refractivity contribution >= 4 is 0 Å². The van der Waals surface area contributed by atoms with Gasteiger partial charge in [-0.05, 0) is 26.0 Å². The van der Waals surface area contributed by atoms with E-state index in [4.69, 9.17) is 0 Å². The molecule has 2 heterocycles. The molecule has 0 saturated heterocycles. The van der Waals surface area contributed by atoms with Crippen molar-refractivity contribution in [2.75, 3.05) is 7.05 Å². The van der Waals surface area contributed by atoms with Crippen molar-refractivity contribution in [1.82, 2.24) is 25.1 Å². The molecule has 88 valence electrons. The van der Waals surface area contributed by atoms with E-state index >= 15 is 0 Å². The van der Waals surface area contributed by atoms with Crippen LogP contribution in [0.2, 0.25) is 0 Å². The van der Waals surface area contributed by atoms with Crippen LogP contribution in [-0.4, -0.2) is 26.8 Å². The van der Waals surface area contributed by atoms with Crippen LogP contribution in [0.3, 0.4) is 0 Å². The molecule has 0 bridgehead atoms. The molecule has 1 fully saturated rings. The first-order valence-corrected chi connectivity index (χ1v) is 5.88. The lowest BCUT2D eigenvalue weighted by Crippen LogP contribution is -2.08. The normalized spacial score (nSPS) is 15.1. The second kappa shape index (κ2) is 4.25. The van der Waals surface area contributed by atoms with Crippen LogP contribution in [0.1, 0.15) is 30.1 Å². The van der Waals surface area contributed by atoms with Crippen molar-refractivity contribution in [3.05, 3.63) is 36.0 Å². The van der Waals surface area contributed by atoms with Gasteiger partial charge in [0.25, 0.3) is 0 Å². The lowest BCUT2D eigenvalue weighted by Gasteiger charge is -2.01. The highest BCUT2D eigenvalue weighted by Gasteiger charge is 2.25. The quantitative estimate of drug-likeness (QED) is 0.857. The minimum Gasteiger partial charge on any atom is -0.314 e. The third kappa shape index (κ3) is 2.19. The smallest absolute Gasteiger partial charge is 0.171 e. The highest BCUT2D eigenvalue weighted by Crippen LogP contribution is 2.38. The SMILES string of the molecule is CNCc1cnc(-n2ccc(C3CC3)n2)cn1. The van der Waals surface area contributed by atoms with Gasteiger partial charge >= 0.3 is 0 Å². The van der Waals surface area contributed by atoms with E-state index in [0.29, 0.717) is 5.92 Å². The molecule has 0 radical (unpaired) electrons. The van der Waals surface area contributed by atoms with E-state index in [9.17, 15) is 0 Å². The molecular weight excluding hydrogens is 214 g/mol. The lowest BCUT2D eigenvalue weighted by molar-refractivity contribution is 0.764. The van der Waals surface area contributed by atoms with E-state index in [-0.39, 0.29) is 0 Å². The molecule has 5 heteroatoms. The highest BCUT2D eigenvalue weighted by molar-refractivity contribution is 5.21. The molecule has 17 heavy (non-hydrogen) atoms. The maximum atomic E-state index is 4.52. The van der Waals surface area contributed by atoms with Crippen molar-refractivity contribution in [2.45, 2.75) is 25.3 Å². The monoisotopic (exact) mass is 229 g/mol. The van der Waals surface area contributed by atoms with Gasteiger partial charge in [0.2, 0.25) is 0 Å². The number of nitrogens with zero attached hydrogens (tertiary/aromatic N) is 4. The zero-order valence-corrected chi connectivity index (χ0v) is 9.80. The first-order chi connectivity index (χ1) is 8.36. The molecule has 0 atom stereocenters. The van der Waals surface area contributed by atoms with E-state index in [1.807, 2.05) is 13.2 Å². The molecule has 5 nitrogen and oxygen atoms in total. The third-order valence-electron chi connectivity index (χ3n) is 2.89. The maximum Gasteiger partial charge on any atom is 0.171 e. The molecule has 1 aliphatic rings. The topological polar surface area (TPSA) is 55.6 Å². The van der Waals surface area contributed by atoms with Gasteiger partial charge in [0.05, 0.1) is 23.8 Å². The minimum absolute atomic E-state index is 0.674. The van der Waals surface area contributed by atoms with Crippen molar-refractivity contribution in [2.24, 2.45) is 0 Å². The van der Waals surface area contributed by atoms with E-state index in [2.05, 4.69) is 26.4 Å². The number of hydrogen-bond acceptors (Lipinski definition) is 4. The Bertz CT molecular complexity index is 498. The van der Waals surface area contributed by atoms with Gasteiger partial charge in [0.15, 0.2) is 5.82 Å². The molecule has 0 unspecified atom stereocenters. The van der Waals surface area contributed by atoms with Gasteiger partial charge in [-0.2, -0.15) is 5.10 Å². The fourth-order valence-electron chi connectivity index (χ4n) is 1.80. The van der Waals surface area contributed by atoms with Crippen LogP contribution in [0.5, 0.6) is 0 Å². The Kier molecular flexibility index (Phi) is 2.60. The van der Waals surface area contributed by atoms with Crippen LogP contribution >= 0.6 is 0 Å². The predicted molar refractivity (Wildman–Crippen MR) is 63.9 cm³/mol. The van der Waals surface area contributed by atoms with Crippen LogP contribution in [0.4, 0.5) is 0 Å². The summed E-state index contributed by atoms with van der Waals surface area (Å²) in [6, 6.07) is 2.07. The molecule has 1 aliphatic carbocycles. The van der Waals surface area contributed by atoms with Crippen molar-refractivity contribution in [3.63, 3.8) is 0 Å². The number of nitrogens with one attached hydrogen (secondary N) is 1. The predicted octanol–water partition coefficient (Wildman–Crippen LogP) is 1.26. The molecule has 3 rings (SSSR count). The first-order valence-electron chi connectivity index (χ1n) is 5.88. The average molecular weight is 229 g/mol. The summed E-state index contributed by atoms with van der Waals surface area (Å²) in [6.45, 7) is 0.736. The highest BCUT2D eigenvalue weighted by atomic mass is 15.3. The fourth-order valence-corrected chi connectivity index (χ4v) is 1.80. The average Bonchev–Trinajstić information content (AvgIpc) is 3.09. The summed E-state index contributed by atoms with van der Waals surface area (Å²) in [5, 5.41) is 7.56. The molecule has 0 amide bonds. The van der Waals surface area contributed by atoms with Crippen molar-refractivity contribution < 1.29 is 0 Å². The van der Waals surface area contributed by atoms with Gasteiger partial charge in [-0.25, -0.2) is 9.67 Å². The fraction of sp³-hybridized carbons (Fsp3) is 0.417. The summed E-state index contributed by atoms with van der Waals surface area (Å²) in [5.41, 5.74) is 2.11. The number of rotatable bonds is 4. The van der Waals surface area contributed by atoms with Gasteiger partial charge in [0.1, 0.15) is 0 Å². The van der Waals surface area contributed by atoms with E-state index in [1.54, 1.807) is 17.1 Å². The van der Waals surface area contributed by atoms with Crippen molar-refractivity contribution in [1.29, 1.82) is 0 Å². The van der Waals surface area contributed by atoms with Crippen LogP contribution in [0, 0.1) is 0 Å². The summed E-state index contributed by atoms with van der Waals surface area (Å²) in [7, 11) is 1.89. The summed E-state index contributed by atoms with van der Waals surface area (Å²) in [5.74, 6) is 1.45. The second-order valence-electron chi connectivity index (χ2n) is 4.36.